The Labute approximate surface area is 132 Å². The van der Waals surface area contributed by atoms with Crippen LogP contribution in [0, 0.1) is 17.0 Å². The number of halogens is 2. The van der Waals surface area contributed by atoms with Crippen molar-refractivity contribution in [1.82, 2.24) is 5.32 Å². The highest BCUT2D eigenvalue weighted by molar-refractivity contribution is 5.78. The maximum absolute atomic E-state index is 13.1. The number of ether oxygens (including phenoxy) is 2. The number of amides is 1. The lowest BCUT2D eigenvalue weighted by atomic mass is 9.58. The Balaban J connectivity index is 1.52. The third-order valence-electron chi connectivity index (χ3n) is 4.84. The summed E-state index contributed by atoms with van der Waals surface area (Å²) in [6, 6.07) is 3.00. The van der Waals surface area contributed by atoms with Gasteiger partial charge in [0.1, 0.15) is 5.75 Å². The fourth-order valence-corrected chi connectivity index (χ4v) is 3.35. The molecule has 1 saturated carbocycles. The van der Waals surface area contributed by atoms with Crippen molar-refractivity contribution in [2.75, 3.05) is 19.8 Å². The highest BCUT2D eigenvalue weighted by Crippen LogP contribution is 2.48. The van der Waals surface area contributed by atoms with Crippen LogP contribution in [-0.2, 0) is 9.53 Å². The molecule has 2 atom stereocenters. The quantitative estimate of drug-likeness (QED) is 0.877. The van der Waals surface area contributed by atoms with Crippen molar-refractivity contribution in [2.45, 2.75) is 31.4 Å². The van der Waals surface area contributed by atoms with E-state index in [4.69, 9.17) is 9.47 Å². The van der Waals surface area contributed by atoms with E-state index in [-0.39, 0.29) is 29.7 Å². The summed E-state index contributed by atoms with van der Waals surface area (Å²) in [7, 11) is 0. The molecule has 0 unspecified atom stereocenters. The summed E-state index contributed by atoms with van der Waals surface area (Å²) in [5, 5.41) is 12.9. The number of hydrogen-bond acceptors (Lipinski definition) is 4. The molecular formula is C16H19F2NO4. The molecule has 0 radical (unpaired) electrons. The van der Waals surface area contributed by atoms with E-state index < -0.39 is 17.7 Å². The zero-order valence-electron chi connectivity index (χ0n) is 12.6. The van der Waals surface area contributed by atoms with Gasteiger partial charge in [-0.15, -0.1) is 0 Å². The number of benzene rings is 1. The van der Waals surface area contributed by atoms with Gasteiger partial charge in [-0.1, -0.05) is 0 Å². The number of carbonyl (C=O) groups is 1. The molecule has 3 rings (SSSR count). The molecule has 23 heavy (non-hydrogen) atoms. The summed E-state index contributed by atoms with van der Waals surface area (Å²) in [4.78, 5) is 12.0. The second-order valence-electron chi connectivity index (χ2n) is 6.08. The number of nitrogens with one attached hydrogen (secondary N) is 1. The van der Waals surface area contributed by atoms with E-state index in [1.807, 2.05) is 0 Å². The van der Waals surface area contributed by atoms with Crippen LogP contribution >= 0.6 is 0 Å². The zero-order valence-corrected chi connectivity index (χ0v) is 12.6. The average Bonchev–Trinajstić information content (AvgIpc) is 2.56. The van der Waals surface area contributed by atoms with Crippen LogP contribution in [0.15, 0.2) is 18.2 Å². The van der Waals surface area contributed by atoms with Gasteiger partial charge in [0.15, 0.2) is 18.2 Å². The third-order valence-corrected chi connectivity index (χ3v) is 4.84. The normalized spacial score (nSPS) is 25.7. The van der Waals surface area contributed by atoms with Crippen LogP contribution in [0.5, 0.6) is 5.75 Å². The molecule has 1 aromatic carbocycles. The third kappa shape index (κ3) is 3.16. The zero-order chi connectivity index (χ0) is 16.4. The van der Waals surface area contributed by atoms with E-state index in [0.29, 0.717) is 32.5 Å². The molecule has 7 heteroatoms. The Morgan fingerprint density at radius 1 is 1.35 bits per heavy atom. The van der Waals surface area contributed by atoms with Crippen molar-refractivity contribution >= 4 is 5.91 Å². The number of rotatable bonds is 4. The fraction of sp³-hybridized carbons (Fsp3) is 0.562. The lowest BCUT2D eigenvalue weighted by Gasteiger charge is -2.55. The van der Waals surface area contributed by atoms with Gasteiger partial charge >= 0.3 is 0 Å². The molecule has 126 valence electrons. The van der Waals surface area contributed by atoms with Crippen LogP contribution in [0.3, 0.4) is 0 Å². The lowest BCUT2D eigenvalue weighted by molar-refractivity contribution is -0.156. The molecule has 1 aliphatic heterocycles. The van der Waals surface area contributed by atoms with E-state index >= 15 is 0 Å². The summed E-state index contributed by atoms with van der Waals surface area (Å²) >= 11 is 0. The average molecular weight is 327 g/mol. The number of hydrogen-bond donors (Lipinski definition) is 2. The van der Waals surface area contributed by atoms with Crippen LogP contribution < -0.4 is 10.1 Å². The molecule has 2 N–H and O–H groups in total. The highest BCUT2D eigenvalue weighted by Gasteiger charge is 2.55. The molecule has 0 aromatic heterocycles. The summed E-state index contributed by atoms with van der Waals surface area (Å²) in [5.41, 5.74) is -0.310. The predicted molar refractivity (Wildman–Crippen MR) is 76.9 cm³/mol. The van der Waals surface area contributed by atoms with Gasteiger partial charge in [-0.3, -0.25) is 4.79 Å². The van der Waals surface area contributed by atoms with Gasteiger partial charge in [-0.2, -0.15) is 0 Å². The first kappa shape index (κ1) is 16.1. The number of aliphatic hydroxyl groups excluding tert-OH is 1. The Morgan fingerprint density at radius 2 is 2.09 bits per heavy atom. The van der Waals surface area contributed by atoms with Gasteiger partial charge in [0, 0.05) is 30.7 Å². The van der Waals surface area contributed by atoms with Crippen LogP contribution in [0.25, 0.3) is 0 Å². The van der Waals surface area contributed by atoms with E-state index in [9.17, 15) is 18.7 Å². The van der Waals surface area contributed by atoms with Gasteiger partial charge in [0.2, 0.25) is 0 Å². The Morgan fingerprint density at radius 3 is 2.74 bits per heavy atom. The molecule has 2 fully saturated rings. The SMILES string of the molecule is O=C(COc1ccc(F)c(F)c1)N[C@@H]1C[C@@H](O)C12CCOCC2. The minimum Gasteiger partial charge on any atom is -0.484 e. The summed E-state index contributed by atoms with van der Waals surface area (Å²) < 4.78 is 36.4. The minimum atomic E-state index is -1.02. The minimum absolute atomic E-state index is 0.0912. The van der Waals surface area contributed by atoms with Crippen molar-refractivity contribution in [3.8, 4) is 5.75 Å². The van der Waals surface area contributed by atoms with E-state index in [2.05, 4.69) is 5.32 Å². The largest absolute Gasteiger partial charge is 0.484 e. The molecule has 1 saturated heterocycles. The maximum Gasteiger partial charge on any atom is 0.258 e. The standard InChI is InChI=1S/C16H19F2NO4/c17-11-2-1-10(7-12(11)18)23-9-15(21)19-13-8-14(20)16(13)3-5-22-6-4-16/h1-2,7,13-14,20H,3-6,8-9H2,(H,19,21)/t13-,14-/m1/s1. The first-order valence-electron chi connectivity index (χ1n) is 7.64. The molecular weight excluding hydrogens is 308 g/mol. The second-order valence-corrected chi connectivity index (χ2v) is 6.08. The summed E-state index contributed by atoms with van der Waals surface area (Å²) in [5.74, 6) is -2.25. The first-order chi connectivity index (χ1) is 11.0. The van der Waals surface area contributed by atoms with Gasteiger partial charge < -0.3 is 19.9 Å². The molecule has 1 spiro atoms. The Kier molecular flexibility index (Phi) is 4.50. The van der Waals surface area contributed by atoms with Crippen LogP contribution in [0.4, 0.5) is 8.78 Å². The van der Waals surface area contributed by atoms with Crippen molar-refractivity contribution < 1.29 is 28.2 Å². The van der Waals surface area contributed by atoms with Crippen LogP contribution in [0.2, 0.25) is 0 Å². The van der Waals surface area contributed by atoms with Gasteiger partial charge in [0.25, 0.3) is 5.91 Å². The number of carbonyl (C=O) groups excluding carboxylic acids is 1. The van der Waals surface area contributed by atoms with Crippen molar-refractivity contribution in [2.24, 2.45) is 5.41 Å². The van der Waals surface area contributed by atoms with Crippen molar-refractivity contribution in [3.63, 3.8) is 0 Å². The van der Waals surface area contributed by atoms with E-state index in [1.165, 1.54) is 6.07 Å². The molecule has 1 heterocycles. The van der Waals surface area contributed by atoms with Gasteiger partial charge in [-0.25, -0.2) is 8.78 Å². The Bertz CT molecular complexity index is 589. The van der Waals surface area contributed by atoms with Crippen LogP contribution in [-0.4, -0.2) is 43.0 Å². The van der Waals surface area contributed by atoms with Crippen molar-refractivity contribution in [1.29, 1.82) is 0 Å². The van der Waals surface area contributed by atoms with Gasteiger partial charge in [-0.05, 0) is 31.4 Å². The topological polar surface area (TPSA) is 67.8 Å². The first-order valence-corrected chi connectivity index (χ1v) is 7.64. The summed E-state index contributed by atoms with van der Waals surface area (Å²) in [6.07, 6.45) is 1.51. The molecule has 1 aliphatic carbocycles. The van der Waals surface area contributed by atoms with E-state index in [1.54, 1.807) is 0 Å². The summed E-state index contributed by atoms with van der Waals surface area (Å²) in [6.45, 7) is 0.869. The predicted octanol–water partition coefficient (Wildman–Crippen LogP) is 1.39. The maximum atomic E-state index is 13.1. The fourth-order valence-electron chi connectivity index (χ4n) is 3.35. The number of aliphatic hydroxyl groups is 1. The van der Waals surface area contributed by atoms with Crippen LogP contribution in [0.1, 0.15) is 19.3 Å². The second kappa shape index (κ2) is 6.41. The highest BCUT2D eigenvalue weighted by atomic mass is 19.2. The monoisotopic (exact) mass is 327 g/mol. The van der Waals surface area contributed by atoms with E-state index in [0.717, 1.165) is 12.1 Å². The molecule has 2 aliphatic rings. The molecule has 0 bridgehead atoms. The smallest absolute Gasteiger partial charge is 0.258 e. The Hall–Kier alpha value is -1.73. The molecule has 5 nitrogen and oxygen atoms in total. The van der Waals surface area contributed by atoms with Gasteiger partial charge in [0.05, 0.1) is 6.10 Å². The van der Waals surface area contributed by atoms with Crippen molar-refractivity contribution in [3.05, 3.63) is 29.8 Å². The lowest BCUT2D eigenvalue weighted by Crippen LogP contribution is -2.66. The molecule has 1 aromatic rings. The molecule has 1 amide bonds.